The summed E-state index contributed by atoms with van der Waals surface area (Å²) in [4.78, 5) is 31.2. The molecule has 1 unspecified atom stereocenters. The number of nitrogens with zero attached hydrogens (tertiary/aromatic N) is 3. The van der Waals surface area contributed by atoms with Crippen LogP contribution in [0.1, 0.15) is 51.4 Å². The average Bonchev–Trinajstić information content (AvgIpc) is 2.60. The van der Waals surface area contributed by atoms with Crippen molar-refractivity contribution < 1.29 is 4.79 Å². The molecule has 0 aliphatic heterocycles. The minimum absolute atomic E-state index is 0.0308. The number of rotatable bonds is 8. The minimum atomic E-state index is -0.303. The van der Waals surface area contributed by atoms with Crippen LogP contribution in [0.5, 0.6) is 0 Å². The molecular weight excluding hydrogens is 352 g/mol. The summed E-state index contributed by atoms with van der Waals surface area (Å²) in [5, 5.41) is 1.05. The van der Waals surface area contributed by atoms with Crippen molar-refractivity contribution in [3.8, 4) is 0 Å². The third-order valence-electron chi connectivity index (χ3n) is 4.67. The molecular formula is C19H27ClN4O2. The van der Waals surface area contributed by atoms with E-state index in [2.05, 4.69) is 4.98 Å². The highest BCUT2D eigenvalue weighted by molar-refractivity contribution is 6.31. The standard InChI is InChI=1S/C19H27ClN4O2/c1-13(24(14(2)25)11-7-5-4-6-10-21)18-22-17-12-15(20)8-9-16(17)19(26)23(18)3/h8-9,12-13H,4-7,10-11,21H2,1-3H3. The van der Waals surface area contributed by atoms with Gasteiger partial charge in [-0.1, -0.05) is 24.4 Å². The summed E-state index contributed by atoms with van der Waals surface area (Å²) in [6, 6.07) is 4.74. The molecule has 0 spiro atoms. The normalized spacial score (nSPS) is 12.3. The molecule has 26 heavy (non-hydrogen) atoms. The highest BCUT2D eigenvalue weighted by atomic mass is 35.5. The van der Waals surface area contributed by atoms with E-state index in [9.17, 15) is 9.59 Å². The molecule has 1 atom stereocenters. The van der Waals surface area contributed by atoms with E-state index in [4.69, 9.17) is 17.3 Å². The Morgan fingerprint density at radius 1 is 1.31 bits per heavy atom. The van der Waals surface area contributed by atoms with Crippen molar-refractivity contribution in [3.63, 3.8) is 0 Å². The highest BCUT2D eigenvalue weighted by Crippen LogP contribution is 2.22. The van der Waals surface area contributed by atoms with Gasteiger partial charge in [0.05, 0.1) is 16.9 Å². The average molecular weight is 379 g/mol. The fourth-order valence-corrected chi connectivity index (χ4v) is 3.34. The van der Waals surface area contributed by atoms with E-state index < -0.39 is 0 Å². The molecule has 2 aromatic rings. The summed E-state index contributed by atoms with van der Waals surface area (Å²) in [6.45, 7) is 4.77. The number of aromatic nitrogens is 2. The van der Waals surface area contributed by atoms with Gasteiger partial charge >= 0.3 is 0 Å². The summed E-state index contributed by atoms with van der Waals surface area (Å²) in [7, 11) is 1.69. The van der Waals surface area contributed by atoms with Crippen LogP contribution >= 0.6 is 11.6 Å². The molecule has 6 nitrogen and oxygen atoms in total. The number of hydrogen-bond donors (Lipinski definition) is 1. The number of unbranched alkanes of at least 4 members (excludes halogenated alkanes) is 3. The van der Waals surface area contributed by atoms with E-state index in [0.29, 0.717) is 34.8 Å². The predicted molar refractivity (Wildman–Crippen MR) is 105 cm³/mol. The van der Waals surface area contributed by atoms with Gasteiger partial charge in [-0.15, -0.1) is 0 Å². The minimum Gasteiger partial charge on any atom is -0.333 e. The van der Waals surface area contributed by atoms with Crippen molar-refractivity contribution in [2.24, 2.45) is 12.8 Å². The first kappa shape index (κ1) is 20.4. The molecule has 0 aliphatic rings. The van der Waals surface area contributed by atoms with Crippen molar-refractivity contribution in [2.45, 2.75) is 45.6 Å². The molecule has 142 valence electrons. The van der Waals surface area contributed by atoms with Gasteiger partial charge in [-0.25, -0.2) is 4.98 Å². The lowest BCUT2D eigenvalue weighted by molar-refractivity contribution is -0.131. The number of carbonyl (C=O) groups is 1. The van der Waals surface area contributed by atoms with Crippen LogP contribution in [0, 0.1) is 0 Å². The summed E-state index contributed by atoms with van der Waals surface area (Å²) in [5.74, 6) is 0.527. The van der Waals surface area contributed by atoms with Crippen molar-refractivity contribution in [2.75, 3.05) is 13.1 Å². The molecule has 2 rings (SSSR count). The lowest BCUT2D eigenvalue weighted by Crippen LogP contribution is -2.36. The van der Waals surface area contributed by atoms with E-state index in [-0.39, 0.29) is 17.5 Å². The molecule has 0 saturated heterocycles. The summed E-state index contributed by atoms with van der Waals surface area (Å²) in [6.07, 6.45) is 3.98. The Morgan fingerprint density at radius 3 is 2.65 bits per heavy atom. The SMILES string of the molecule is CC(=O)N(CCCCCCN)C(C)c1nc2cc(Cl)ccc2c(=O)n1C. The summed E-state index contributed by atoms with van der Waals surface area (Å²) >= 11 is 6.04. The van der Waals surface area contributed by atoms with Crippen molar-refractivity contribution in [1.82, 2.24) is 14.5 Å². The van der Waals surface area contributed by atoms with E-state index in [0.717, 1.165) is 25.7 Å². The Bertz CT molecular complexity index is 834. The molecule has 0 radical (unpaired) electrons. The first-order valence-corrected chi connectivity index (χ1v) is 9.38. The van der Waals surface area contributed by atoms with E-state index >= 15 is 0 Å². The molecule has 1 aromatic carbocycles. The smallest absolute Gasteiger partial charge is 0.261 e. The largest absolute Gasteiger partial charge is 0.333 e. The van der Waals surface area contributed by atoms with Crippen molar-refractivity contribution in [3.05, 3.63) is 39.4 Å². The van der Waals surface area contributed by atoms with Gasteiger partial charge in [0.2, 0.25) is 5.91 Å². The van der Waals surface area contributed by atoms with Crippen LogP contribution in [0.3, 0.4) is 0 Å². The molecule has 0 aliphatic carbocycles. The van der Waals surface area contributed by atoms with Gasteiger partial charge in [0.25, 0.3) is 5.56 Å². The first-order chi connectivity index (χ1) is 12.4. The Labute approximate surface area is 159 Å². The van der Waals surface area contributed by atoms with Gasteiger partial charge in [-0.2, -0.15) is 0 Å². The Kier molecular flexibility index (Phi) is 7.17. The van der Waals surface area contributed by atoms with Crippen LogP contribution in [-0.2, 0) is 11.8 Å². The van der Waals surface area contributed by atoms with Gasteiger partial charge in [0.1, 0.15) is 5.82 Å². The zero-order valence-corrected chi connectivity index (χ0v) is 16.4. The summed E-state index contributed by atoms with van der Waals surface area (Å²) < 4.78 is 1.52. The zero-order chi connectivity index (χ0) is 19.3. The lowest BCUT2D eigenvalue weighted by Gasteiger charge is -2.29. The van der Waals surface area contributed by atoms with Crippen LogP contribution in [0.25, 0.3) is 10.9 Å². The highest BCUT2D eigenvalue weighted by Gasteiger charge is 2.22. The maximum Gasteiger partial charge on any atom is 0.261 e. The van der Waals surface area contributed by atoms with Crippen LogP contribution in [-0.4, -0.2) is 33.4 Å². The Hall–Kier alpha value is -1.92. The van der Waals surface area contributed by atoms with Crippen molar-refractivity contribution in [1.29, 1.82) is 0 Å². The van der Waals surface area contributed by atoms with Crippen LogP contribution in [0.4, 0.5) is 0 Å². The number of fused-ring (bicyclic) bond motifs is 1. The quantitative estimate of drug-likeness (QED) is 0.716. The topological polar surface area (TPSA) is 81.2 Å². The van der Waals surface area contributed by atoms with Crippen LogP contribution < -0.4 is 11.3 Å². The lowest BCUT2D eigenvalue weighted by atomic mass is 10.1. The second-order valence-corrected chi connectivity index (χ2v) is 7.02. The monoisotopic (exact) mass is 378 g/mol. The molecule has 0 fully saturated rings. The third-order valence-corrected chi connectivity index (χ3v) is 4.91. The third kappa shape index (κ3) is 4.62. The second-order valence-electron chi connectivity index (χ2n) is 6.59. The number of hydrogen-bond acceptors (Lipinski definition) is 4. The fourth-order valence-electron chi connectivity index (χ4n) is 3.18. The van der Waals surface area contributed by atoms with Gasteiger partial charge in [0, 0.05) is 25.5 Å². The molecule has 2 N–H and O–H groups in total. The van der Waals surface area contributed by atoms with Gasteiger partial charge < -0.3 is 10.6 Å². The molecule has 0 bridgehead atoms. The Morgan fingerprint density at radius 2 is 2.00 bits per heavy atom. The van der Waals surface area contributed by atoms with Crippen LogP contribution in [0.2, 0.25) is 5.02 Å². The van der Waals surface area contributed by atoms with Crippen molar-refractivity contribution >= 4 is 28.4 Å². The molecule has 1 heterocycles. The maximum atomic E-state index is 12.7. The van der Waals surface area contributed by atoms with E-state index in [1.165, 1.54) is 4.57 Å². The van der Waals surface area contributed by atoms with Gasteiger partial charge in [0.15, 0.2) is 0 Å². The number of benzene rings is 1. The summed E-state index contributed by atoms with van der Waals surface area (Å²) in [5.41, 5.74) is 5.93. The molecule has 7 heteroatoms. The number of amides is 1. The van der Waals surface area contributed by atoms with E-state index in [1.54, 1.807) is 37.1 Å². The maximum absolute atomic E-state index is 12.7. The zero-order valence-electron chi connectivity index (χ0n) is 15.7. The number of halogens is 1. The van der Waals surface area contributed by atoms with Crippen LogP contribution in [0.15, 0.2) is 23.0 Å². The molecule has 1 aromatic heterocycles. The molecule has 1 amide bonds. The first-order valence-electron chi connectivity index (χ1n) is 9.00. The van der Waals surface area contributed by atoms with Gasteiger partial charge in [-0.05, 0) is 44.5 Å². The predicted octanol–water partition coefficient (Wildman–Crippen LogP) is 3.02. The number of carbonyl (C=O) groups excluding carboxylic acids is 1. The van der Waals surface area contributed by atoms with Gasteiger partial charge in [-0.3, -0.25) is 14.2 Å². The number of nitrogens with two attached hydrogens (primary N) is 1. The fraction of sp³-hybridized carbons (Fsp3) is 0.526. The van der Waals surface area contributed by atoms with E-state index in [1.807, 2.05) is 6.92 Å². The Balaban J connectivity index is 2.30. The second kappa shape index (κ2) is 9.14. The molecule has 0 saturated carbocycles.